The summed E-state index contributed by atoms with van der Waals surface area (Å²) in [5.74, 6) is 1.00. The first kappa shape index (κ1) is 14.3. The summed E-state index contributed by atoms with van der Waals surface area (Å²) in [5, 5.41) is 7.24. The Morgan fingerprint density at radius 2 is 2.17 bits per heavy atom. The number of nitrogens with one attached hydrogen (secondary N) is 1. The molecule has 0 spiro atoms. The first-order valence-electron chi connectivity index (χ1n) is 7.40. The van der Waals surface area contributed by atoms with Crippen LogP contribution in [0.3, 0.4) is 0 Å². The second-order valence-electron chi connectivity index (χ2n) is 5.56. The number of aromatic nitrogens is 3. The van der Waals surface area contributed by atoms with Crippen LogP contribution in [0.2, 0.25) is 0 Å². The average molecular weight is 330 g/mol. The van der Waals surface area contributed by atoms with E-state index in [1.807, 2.05) is 11.6 Å². The minimum absolute atomic E-state index is 0.129. The number of rotatable bonds is 5. The van der Waals surface area contributed by atoms with E-state index in [0.717, 1.165) is 10.4 Å². The van der Waals surface area contributed by atoms with Crippen LogP contribution in [0.1, 0.15) is 23.9 Å². The van der Waals surface area contributed by atoms with Crippen molar-refractivity contribution in [3.05, 3.63) is 40.9 Å². The Morgan fingerprint density at radius 1 is 1.30 bits per heavy atom. The van der Waals surface area contributed by atoms with Gasteiger partial charge in [0, 0.05) is 23.0 Å². The highest BCUT2D eigenvalue weighted by Crippen LogP contribution is 2.44. The Labute approximate surface area is 136 Å². The summed E-state index contributed by atoms with van der Waals surface area (Å²) in [6, 6.07) is 3.14. The van der Waals surface area contributed by atoms with Gasteiger partial charge < -0.3 is 10.1 Å². The van der Waals surface area contributed by atoms with Crippen molar-refractivity contribution in [2.45, 2.75) is 18.9 Å². The molecule has 1 unspecified atom stereocenters. The summed E-state index contributed by atoms with van der Waals surface area (Å²) < 4.78 is 18.9. The quantitative estimate of drug-likeness (QED) is 0.771. The maximum absolute atomic E-state index is 13.9. The van der Waals surface area contributed by atoms with Crippen LogP contribution in [-0.2, 0) is 0 Å². The standard InChI is InChI=1S/C16H15FN4OS/c1-22-13-6-10-12(7-11(13)17)19-8-20-15(10)21-14(9-2-3-9)16-18-4-5-23-16/h4-9,14H,2-3H2,1H3,(H,19,20,21). The summed E-state index contributed by atoms with van der Waals surface area (Å²) in [6.07, 6.45) is 5.62. The van der Waals surface area contributed by atoms with Gasteiger partial charge in [-0.2, -0.15) is 0 Å². The molecule has 1 aliphatic carbocycles. The number of halogens is 1. The molecule has 7 heteroatoms. The van der Waals surface area contributed by atoms with Crippen LogP contribution in [0.25, 0.3) is 10.9 Å². The van der Waals surface area contributed by atoms with Crippen LogP contribution in [0.5, 0.6) is 5.75 Å². The van der Waals surface area contributed by atoms with Crippen LogP contribution in [0.15, 0.2) is 30.0 Å². The first-order valence-corrected chi connectivity index (χ1v) is 8.28. The third-order valence-corrected chi connectivity index (χ3v) is 4.87. The second kappa shape index (κ2) is 5.73. The van der Waals surface area contributed by atoms with Crippen LogP contribution in [-0.4, -0.2) is 22.1 Å². The molecule has 118 valence electrons. The number of anilines is 1. The minimum atomic E-state index is -0.427. The Bertz CT molecular complexity index is 835. The summed E-state index contributed by atoms with van der Waals surface area (Å²) in [4.78, 5) is 12.9. The predicted octanol–water partition coefficient (Wildman–Crippen LogP) is 3.80. The van der Waals surface area contributed by atoms with E-state index in [4.69, 9.17) is 4.74 Å². The summed E-state index contributed by atoms with van der Waals surface area (Å²) >= 11 is 1.63. The molecule has 0 saturated heterocycles. The lowest BCUT2D eigenvalue weighted by atomic mass is 10.1. The van der Waals surface area contributed by atoms with E-state index in [1.165, 1.54) is 32.3 Å². The third-order valence-electron chi connectivity index (χ3n) is 4.01. The molecule has 1 aliphatic rings. The van der Waals surface area contributed by atoms with Crippen molar-refractivity contribution in [3.8, 4) is 5.75 Å². The number of benzene rings is 1. The number of thiazole rings is 1. The normalized spacial score (nSPS) is 15.6. The lowest BCUT2D eigenvalue weighted by molar-refractivity contribution is 0.387. The molecular formula is C16H15FN4OS. The van der Waals surface area contributed by atoms with Crippen molar-refractivity contribution in [2.24, 2.45) is 5.92 Å². The molecule has 4 rings (SSSR count). The molecule has 1 fully saturated rings. The van der Waals surface area contributed by atoms with Crippen LogP contribution >= 0.6 is 11.3 Å². The molecule has 2 aromatic heterocycles. The molecule has 1 aromatic carbocycles. The first-order chi connectivity index (χ1) is 11.3. The number of fused-ring (bicyclic) bond motifs is 1. The molecular weight excluding hydrogens is 315 g/mol. The molecule has 3 aromatic rings. The Morgan fingerprint density at radius 3 is 2.87 bits per heavy atom. The van der Waals surface area contributed by atoms with Gasteiger partial charge in [0.2, 0.25) is 0 Å². The number of nitrogens with zero attached hydrogens (tertiary/aromatic N) is 3. The molecule has 2 heterocycles. The van der Waals surface area contributed by atoms with E-state index in [1.54, 1.807) is 17.4 Å². The average Bonchev–Trinajstić information content (AvgIpc) is 3.25. The SMILES string of the molecule is COc1cc2c(NC(c3nccs3)C3CC3)ncnc2cc1F. The fraction of sp³-hybridized carbons (Fsp3) is 0.312. The summed E-state index contributed by atoms with van der Waals surface area (Å²) in [5.41, 5.74) is 0.550. The van der Waals surface area contributed by atoms with Crippen molar-refractivity contribution in [2.75, 3.05) is 12.4 Å². The Balaban J connectivity index is 1.76. The maximum Gasteiger partial charge on any atom is 0.167 e. The molecule has 0 bridgehead atoms. The number of hydrogen-bond donors (Lipinski definition) is 1. The van der Waals surface area contributed by atoms with Gasteiger partial charge in [0.1, 0.15) is 17.2 Å². The molecule has 0 radical (unpaired) electrons. The van der Waals surface area contributed by atoms with Crippen molar-refractivity contribution in [3.63, 3.8) is 0 Å². The van der Waals surface area contributed by atoms with E-state index in [-0.39, 0.29) is 11.8 Å². The molecule has 0 aliphatic heterocycles. The second-order valence-corrected chi connectivity index (χ2v) is 6.48. The van der Waals surface area contributed by atoms with Gasteiger partial charge in [0.05, 0.1) is 18.7 Å². The van der Waals surface area contributed by atoms with Gasteiger partial charge in [-0.05, 0) is 24.8 Å². The maximum atomic E-state index is 13.9. The zero-order valence-corrected chi connectivity index (χ0v) is 13.3. The fourth-order valence-electron chi connectivity index (χ4n) is 2.68. The zero-order valence-electron chi connectivity index (χ0n) is 12.5. The van der Waals surface area contributed by atoms with E-state index in [9.17, 15) is 4.39 Å². The largest absolute Gasteiger partial charge is 0.494 e. The highest BCUT2D eigenvalue weighted by Gasteiger charge is 2.34. The van der Waals surface area contributed by atoms with Gasteiger partial charge in [-0.25, -0.2) is 19.3 Å². The fourth-order valence-corrected chi connectivity index (χ4v) is 3.46. The molecule has 1 atom stereocenters. The predicted molar refractivity (Wildman–Crippen MR) is 87.2 cm³/mol. The lowest BCUT2D eigenvalue weighted by Crippen LogP contribution is -2.14. The van der Waals surface area contributed by atoms with Gasteiger partial charge in [0.25, 0.3) is 0 Å². The molecule has 1 saturated carbocycles. The van der Waals surface area contributed by atoms with Gasteiger partial charge in [-0.15, -0.1) is 11.3 Å². The van der Waals surface area contributed by atoms with Gasteiger partial charge in [-0.3, -0.25) is 0 Å². The Hall–Kier alpha value is -2.28. The van der Waals surface area contributed by atoms with Gasteiger partial charge >= 0.3 is 0 Å². The van der Waals surface area contributed by atoms with E-state index >= 15 is 0 Å². The smallest absolute Gasteiger partial charge is 0.167 e. The van der Waals surface area contributed by atoms with Crippen molar-refractivity contribution < 1.29 is 9.13 Å². The number of hydrogen-bond acceptors (Lipinski definition) is 6. The monoisotopic (exact) mass is 330 g/mol. The third kappa shape index (κ3) is 2.72. The molecule has 23 heavy (non-hydrogen) atoms. The summed E-state index contributed by atoms with van der Waals surface area (Å²) in [7, 11) is 1.45. The highest BCUT2D eigenvalue weighted by molar-refractivity contribution is 7.09. The zero-order chi connectivity index (χ0) is 15.8. The number of ether oxygens (including phenoxy) is 1. The van der Waals surface area contributed by atoms with E-state index in [2.05, 4.69) is 20.3 Å². The number of methoxy groups -OCH3 is 1. The van der Waals surface area contributed by atoms with Crippen molar-refractivity contribution >= 4 is 28.1 Å². The molecule has 0 amide bonds. The van der Waals surface area contributed by atoms with Crippen molar-refractivity contribution in [1.82, 2.24) is 15.0 Å². The van der Waals surface area contributed by atoms with E-state index < -0.39 is 5.82 Å². The van der Waals surface area contributed by atoms with Crippen molar-refractivity contribution in [1.29, 1.82) is 0 Å². The summed E-state index contributed by atoms with van der Waals surface area (Å²) in [6.45, 7) is 0. The van der Waals surface area contributed by atoms with E-state index in [0.29, 0.717) is 17.3 Å². The van der Waals surface area contributed by atoms with Gasteiger partial charge in [-0.1, -0.05) is 0 Å². The van der Waals surface area contributed by atoms with Crippen LogP contribution < -0.4 is 10.1 Å². The minimum Gasteiger partial charge on any atom is -0.494 e. The topological polar surface area (TPSA) is 59.9 Å². The Kier molecular flexibility index (Phi) is 3.57. The van der Waals surface area contributed by atoms with Crippen LogP contribution in [0.4, 0.5) is 10.2 Å². The highest BCUT2D eigenvalue weighted by atomic mass is 32.1. The van der Waals surface area contributed by atoms with Crippen LogP contribution in [0, 0.1) is 11.7 Å². The molecule has 5 nitrogen and oxygen atoms in total. The lowest BCUT2D eigenvalue weighted by Gasteiger charge is -2.17. The molecule has 1 N–H and O–H groups in total. The van der Waals surface area contributed by atoms with Gasteiger partial charge in [0.15, 0.2) is 11.6 Å².